The molecule has 0 bridgehead atoms. The number of rotatable bonds is 3. The summed E-state index contributed by atoms with van der Waals surface area (Å²) in [6.45, 7) is 3.89. The molecule has 5 atom stereocenters. The van der Waals surface area contributed by atoms with Gasteiger partial charge in [0.25, 0.3) is 5.97 Å². The molecule has 2 heterocycles. The van der Waals surface area contributed by atoms with Crippen molar-refractivity contribution in [2.45, 2.75) is 57.5 Å². The summed E-state index contributed by atoms with van der Waals surface area (Å²) in [5.74, 6) is -1.53. The van der Waals surface area contributed by atoms with E-state index in [4.69, 9.17) is 18.9 Å². The van der Waals surface area contributed by atoms with Crippen LogP contribution in [0.2, 0.25) is 0 Å². The predicted molar refractivity (Wildman–Crippen MR) is 70.6 cm³/mol. The van der Waals surface area contributed by atoms with Gasteiger partial charge in [-0.15, -0.1) is 0 Å². The van der Waals surface area contributed by atoms with Crippen LogP contribution in [-0.2, 0) is 25.6 Å². The van der Waals surface area contributed by atoms with Gasteiger partial charge in [-0.3, -0.25) is 0 Å². The highest BCUT2D eigenvalue weighted by atomic mass is 16.9. The lowest BCUT2D eigenvalue weighted by molar-refractivity contribution is -0.305. The lowest BCUT2D eigenvalue weighted by Gasteiger charge is -2.34. The zero-order valence-corrected chi connectivity index (χ0v) is 11.7. The Kier molecular flexibility index (Phi) is 3.79. The van der Waals surface area contributed by atoms with Gasteiger partial charge in [0.2, 0.25) is 0 Å². The average molecular weight is 280 g/mol. The fraction of sp³-hybridized carbons (Fsp3) is 0.600. The van der Waals surface area contributed by atoms with Crippen LogP contribution in [0.4, 0.5) is 0 Å². The minimum Gasteiger partial charge on any atom is -0.348 e. The van der Waals surface area contributed by atoms with Crippen LogP contribution in [0.25, 0.3) is 0 Å². The fourth-order valence-electron chi connectivity index (χ4n) is 2.72. The molecule has 5 heteroatoms. The number of benzene rings is 1. The van der Waals surface area contributed by atoms with Gasteiger partial charge in [-0.05, 0) is 12.5 Å². The lowest BCUT2D eigenvalue weighted by Crippen LogP contribution is -2.45. The smallest absolute Gasteiger partial charge is 0.278 e. The first-order valence-corrected chi connectivity index (χ1v) is 6.92. The highest BCUT2D eigenvalue weighted by Crippen LogP contribution is 2.36. The first kappa shape index (κ1) is 14.0. The Labute approximate surface area is 118 Å². The number of hydrogen-bond donors (Lipinski definition) is 1. The molecule has 1 aromatic carbocycles. The van der Waals surface area contributed by atoms with E-state index in [9.17, 15) is 5.11 Å². The summed E-state index contributed by atoms with van der Waals surface area (Å²) in [5.41, 5.74) is 1.10. The topological polar surface area (TPSA) is 57.2 Å². The second-order valence-electron chi connectivity index (χ2n) is 5.44. The quantitative estimate of drug-likeness (QED) is 0.914. The molecule has 1 unspecified atom stereocenters. The summed E-state index contributed by atoms with van der Waals surface area (Å²) in [5, 5.41) is 9.80. The lowest BCUT2D eigenvalue weighted by atomic mass is 10.0. The zero-order chi connectivity index (χ0) is 14.2. The van der Waals surface area contributed by atoms with E-state index < -0.39 is 5.97 Å². The van der Waals surface area contributed by atoms with Crippen molar-refractivity contribution in [1.82, 2.24) is 0 Å². The van der Waals surface area contributed by atoms with Crippen LogP contribution in [0.3, 0.4) is 0 Å². The van der Waals surface area contributed by atoms with Crippen molar-refractivity contribution >= 4 is 0 Å². The molecule has 3 rings (SSSR count). The highest BCUT2D eigenvalue weighted by Gasteiger charge is 2.50. The van der Waals surface area contributed by atoms with E-state index in [1.165, 1.54) is 6.92 Å². The van der Waals surface area contributed by atoms with Crippen LogP contribution in [0.15, 0.2) is 30.3 Å². The third-order valence-corrected chi connectivity index (χ3v) is 3.62. The summed E-state index contributed by atoms with van der Waals surface area (Å²) in [6.07, 6.45) is -0.415. The van der Waals surface area contributed by atoms with E-state index in [0.717, 1.165) is 5.56 Å². The van der Waals surface area contributed by atoms with E-state index in [1.807, 2.05) is 37.3 Å². The Bertz CT molecular complexity index is 447. The molecular weight excluding hydrogens is 260 g/mol. The minimum absolute atomic E-state index is 0.177. The fourth-order valence-corrected chi connectivity index (χ4v) is 2.72. The summed E-state index contributed by atoms with van der Waals surface area (Å²) < 4.78 is 22.5. The molecule has 110 valence electrons. The third kappa shape index (κ3) is 3.02. The van der Waals surface area contributed by atoms with E-state index in [1.54, 1.807) is 0 Å². The predicted octanol–water partition coefficient (Wildman–Crippen LogP) is 1.79. The first-order valence-electron chi connectivity index (χ1n) is 6.92. The average Bonchev–Trinajstić information content (AvgIpc) is 2.73. The van der Waals surface area contributed by atoms with Crippen molar-refractivity contribution in [3.8, 4) is 0 Å². The molecule has 1 aromatic rings. The van der Waals surface area contributed by atoms with E-state index in [0.29, 0.717) is 13.0 Å². The summed E-state index contributed by atoms with van der Waals surface area (Å²) in [6, 6.07) is 9.94. The van der Waals surface area contributed by atoms with Crippen molar-refractivity contribution in [2.24, 2.45) is 0 Å². The molecule has 2 aliphatic heterocycles. The second-order valence-corrected chi connectivity index (χ2v) is 5.44. The summed E-state index contributed by atoms with van der Waals surface area (Å²) >= 11 is 0. The largest absolute Gasteiger partial charge is 0.348 e. The molecule has 2 aliphatic rings. The molecule has 0 aliphatic carbocycles. The van der Waals surface area contributed by atoms with E-state index >= 15 is 0 Å². The molecule has 2 fully saturated rings. The molecule has 2 saturated heterocycles. The Morgan fingerprint density at radius 1 is 1.30 bits per heavy atom. The monoisotopic (exact) mass is 280 g/mol. The van der Waals surface area contributed by atoms with Gasteiger partial charge in [0, 0.05) is 13.3 Å². The maximum Gasteiger partial charge on any atom is 0.278 e. The zero-order valence-electron chi connectivity index (χ0n) is 11.7. The number of fused-ring (bicyclic) bond motifs is 1. The summed E-state index contributed by atoms with van der Waals surface area (Å²) in [7, 11) is 0. The van der Waals surface area contributed by atoms with Crippen LogP contribution in [0.5, 0.6) is 0 Å². The van der Waals surface area contributed by atoms with Gasteiger partial charge in [-0.2, -0.15) is 0 Å². The molecular formula is C15H20O5. The minimum atomic E-state index is -1.53. The maximum atomic E-state index is 9.80. The molecule has 5 nitrogen and oxygen atoms in total. The van der Waals surface area contributed by atoms with E-state index in [2.05, 4.69) is 0 Å². The first-order chi connectivity index (χ1) is 9.53. The van der Waals surface area contributed by atoms with Crippen LogP contribution in [0.1, 0.15) is 25.8 Å². The molecule has 0 radical (unpaired) electrons. The third-order valence-electron chi connectivity index (χ3n) is 3.62. The summed E-state index contributed by atoms with van der Waals surface area (Å²) in [4.78, 5) is 0. The molecule has 1 N–H and O–H groups in total. The van der Waals surface area contributed by atoms with Gasteiger partial charge in [-0.25, -0.2) is 0 Å². The van der Waals surface area contributed by atoms with Gasteiger partial charge in [0.15, 0.2) is 6.29 Å². The van der Waals surface area contributed by atoms with Crippen molar-refractivity contribution < 1.29 is 24.1 Å². The standard InChI is InChI=1S/C15H20O5/c1-10-14-12(19-15(2,16)20-14)8-13(18-10)17-9-11-6-4-3-5-7-11/h3-7,10,12-14,16H,8-9H2,1-2H3/t10-,12+,13-,14-,15?/m1/s1. The Morgan fingerprint density at radius 2 is 2.05 bits per heavy atom. The van der Waals surface area contributed by atoms with Gasteiger partial charge in [-0.1, -0.05) is 30.3 Å². The van der Waals surface area contributed by atoms with Crippen molar-refractivity contribution in [3.05, 3.63) is 35.9 Å². The van der Waals surface area contributed by atoms with Crippen LogP contribution in [-0.4, -0.2) is 35.7 Å². The van der Waals surface area contributed by atoms with Crippen molar-refractivity contribution in [1.29, 1.82) is 0 Å². The van der Waals surface area contributed by atoms with Gasteiger partial charge >= 0.3 is 0 Å². The Balaban J connectivity index is 1.57. The van der Waals surface area contributed by atoms with Crippen molar-refractivity contribution in [3.63, 3.8) is 0 Å². The SMILES string of the molecule is C[C@H]1O[C@@H](OCc2ccccc2)C[C@@H]2OC(C)(O)O[C@@H]21. The van der Waals surface area contributed by atoms with Crippen LogP contribution < -0.4 is 0 Å². The van der Waals surface area contributed by atoms with Crippen LogP contribution in [0, 0.1) is 0 Å². The second kappa shape index (κ2) is 5.42. The molecule has 0 spiro atoms. The molecule has 0 saturated carbocycles. The Hall–Kier alpha value is -0.980. The van der Waals surface area contributed by atoms with Gasteiger partial charge in [0.05, 0.1) is 18.8 Å². The number of ether oxygens (including phenoxy) is 4. The molecule has 20 heavy (non-hydrogen) atoms. The van der Waals surface area contributed by atoms with E-state index in [-0.39, 0.29) is 24.6 Å². The maximum absolute atomic E-state index is 9.80. The molecule has 0 amide bonds. The number of hydrogen-bond acceptors (Lipinski definition) is 5. The van der Waals surface area contributed by atoms with Gasteiger partial charge in [0.1, 0.15) is 6.10 Å². The van der Waals surface area contributed by atoms with Gasteiger partial charge < -0.3 is 24.1 Å². The normalized spacial score (nSPS) is 40.5. The van der Waals surface area contributed by atoms with Crippen LogP contribution >= 0.6 is 0 Å². The highest BCUT2D eigenvalue weighted by molar-refractivity contribution is 5.13. The molecule has 0 aromatic heterocycles. The van der Waals surface area contributed by atoms with Crippen molar-refractivity contribution in [2.75, 3.05) is 0 Å². The Morgan fingerprint density at radius 3 is 2.80 bits per heavy atom. The number of aliphatic hydroxyl groups is 1.